The van der Waals surface area contributed by atoms with Gasteiger partial charge >= 0.3 is 45.6 Å². The first-order chi connectivity index (χ1) is 5.95. The van der Waals surface area contributed by atoms with Crippen molar-refractivity contribution in [3.05, 3.63) is 0 Å². The summed E-state index contributed by atoms with van der Waals surface area (Å²) in [6.45, 7) is 1.99. The summed E-state index contributed by atoms with van der Waals surface area (Å²) in [7, 11) is -4.19. The molecule has 0 aliphatic rings. The first kappa shape index (κ1) is 16.8. The fourth-order valence-electron chi connectivity index (χ4n) is 0.732. The Morgan fingerprint density at radius 3 is 2.43 bits per heavy atom. The molecule has 14 heavy (non-hydrogen) atoms. The second-order valence-corrected chi connectivity index (χ2v) is 4.07. The average molecular weight is 234 g/mol. The second kappa shape index (κ2) is 8.67. The predicted octanol–water partition coefficient (Wildman–Crippen LogP) is -1.93. The van der Waals surface area contributed by atoms with Gasteiger partial charge in [-0.3, -0.25) is 9.35 Å². The molecule has 0 aromatic carbocycles. The molecule has 0 rings (SSSR count). The smallest absolute Gasteiger partial charge is 1.00 e. The number of rotatable bonds is 6. The van der Waals surface area contributed by atoms with Crippen molar-refractivity contribution in [2.24, 2.45) is 0 Å². The summed E-state index contributed by atoms with van der Waals surface area (Å²) in [5, 5.41) is 0. The van der Waals surface area contributed by atoms with Gasteiger partial charge in [-0.15, -0.1) is 0 Å². The Bertz CT molecular complexity index is 254. The Kier molecular flexibility index (Phi) is 10.4. The molecule has 1 N–H and O–H groups in total. The largest absolute Gasteiger partial charge is 1.00 e. The normalized spacial score (nSPS) is 10.4. The monoisotopic (exact) mass is 234 g/mol. The van der Waals surface area contributed by atoms with Crippen LogP contribution in [0.25, 0.3) is 0 Å². The van der Waals surface area contributed by atoms with Gasteiger partial charge in [-0.2, -0.15) is 8.42 Å². The molecule has 7 heteroatoms. The number of carbonyl (C=O) groups excluding carboxylic acids is 1. The SMILES string of the molecule is CCCCCC(=O)OCS(=O)(=O)O.[H-].[Na+]. The topological polar surface area (TPSA) is 80.7 Å². The molecule has 0 spiro atoms. The summed E-state index contributed by atoms with van der Waals surface area (Å²) in [6.07, 6.45) is 2.76. The number of esters is 1. The van der Waals surface area contributed by atoms with E-state index in [4.69, 9.17) is 4.55 Å². The Morgan fingerprint density at radius 1 is 1.43 bits per heavy atom. The molecule has 0 aliphatic heterocycles. The first-order valence-corrected chi connectivity index (χ1v) is 5.67. The van der Waals surface area contributed by atoms with E-state index in [1.165, 1.54) is 0 Å². The van der Waals surface area contributed by atoms with Crippen molar-refractivity contribution in [2.45, 2.75) is 32.6 Å². The summed E-state index contributed by atoms with van der Waals surface area (Å²) in [4.78, 5) is 10.8. The van der Waals surface area contributed by atoms with Gasteiger partial charge in [-0.1, -0.05) is 19.8 Å². The van der Waals surface area contributed by atoms with E-state index in [1.807, 2.05) is 6.92 Å². The molecule has 0 aromatic heterocycles. The Balaban J connectivity index is -0.000000720. The average Bonchev–Trinajstić information content (AvgIpc) is 2.00. The summed E-state index contributed by atoms with van der Waals surface area (Å²) < 4.78 is 32.8. The third-order valence-corrected chi connectivity index (χ3v) is 1.77. The molecule has 0 fully saturated rings. The van der Waals surface area contributed by atoms with E-state index in [-0.39, 0.29) is 37.4 Å². The van der Waals surface area contributed by atoms with Crippen LogP contribution in [0.4, 0.5) is 0 Å². The molecule has 5 nitrogen and oxygen atoms in total. The minimum atomic E-state index is -4.19. The number of ether oxygens (including phenoxy) is 1. The molecule has 0 amide bonds. The van der Waals surface area contributed by atoms with E-state index in [0.29, 0.717) is 6.42 Å². The van der Waals surface area contributed by atoms with Crippen LogP contribution >= 0.6 is 0 Å². The number of carbonyl (C=O) groups is 1. The van der Waals surface area contributed by atoms with Crippen LogP contribution in [-0.2, 0) is 19.6 Å². The van der Waals surface area contributed by atoms with Gasteiger partial charge in [0.05, 0.1) is 0 Å². The molecule has 0 saturated carbocycles. The van der Waals surface area contributed by atoms with Crippen molar-refractivity contribution in [2.75, 3.05) is 5.94 Å². The number of hydrogen-bond donors (Lipinski definition) is 1. The van der Waals surface area contributed by atoms with Crippen molar-refractivity contribution in [3.8, 4) is 0 Å². The zero-order valence-electron chi connectivity index (χ0n) is 9.52. The molecule has 0 heterocycles. The van der Waals surface area contributed by atoms with E-state index in [9.17, 15) is 13.2 Å². The molecule has 0 atom stereocenters. The van der Waals surface area contributed by atoms with Crippen LogP contribution in [0.5, 0.6) is 0 Å². The first-order valence-electron chi connectivity index (χ1n) is 4.06. The number of hydrogen-bond acceptors (Lipinski definition) is 4. The van der Waals surface area contributed by atoms with E-state index >= 15 is 0 Å². The third kappa shape index (κ3) is 12.4. The van der Waals surface area contributed by atoms with E-state index in [2.05, 4.69) is 4.74 Å². The van der Waals surface area contributed by atoms with Gasteiger partial charge in [-0.25, -0.2) is 0 Å². The molecular formula is C7H15NaO5S. The predicted molar refractivity (Wildman–Crippen MR) is 47.8 cm³/mol. The maximum absolute atomic E-state index is 10.8. The van der Waals surface area contributed by atoms with Crippen molar-refractivity contribution < 1.29 is 53.5 Å². The molecule has 0 radical (unpaired) electrons. The van der Waals surface area contributed by atoms with Crippen LogP contribution < -0.4 is 29.6 Å². The molecule has 0 aromatic rings. The zero-order valence-corrected chi connectivity index (χ0v) is 11.3. The Labute approximate surface area is 108 Å². The van der Waals surface area contributed by atoms with Crippen molar-refractivity contribution >= 4 is 16.1 Å². The quantitative estimate of drug-likeness (QED) is 0.250. The van der Waals surface area contributed by atoms with E-state index in [1.54, 1.807) is 0 Å². The summed E-state index contributed by atoms with van der Waals surface area (Å²) in [6, 6.07) is 0. The summed E-state index contributed by atoms with van der Waals surface area (Å²) in [5.74, 6) is -1.54. The molecule has 0 unspecified atom stereocenters. The Morgan fingerprint density at radius 2 is 2.00 bits per heavy atom. The van der Waals surface area contributed by atoms with Crippen LogP contribution in [0.2, 0.25) is 0 Å². The standard InChI is InChI=1S/C7H14O5S.Na.H/c1-2-3-4-5-7(8)12-6-13(9,10)11;;/h2-6H2,1H3,(H,9,10,11);;/q;+1;-1. The van der Waals surface area contributed by atoms with Crippen LogP contribution in [0.15, 0.2) is 0 Å². The van der Waals surface area contributed by atoms with Crippen molar-refractivity contribution in [1.82, 2.24) is 0 Å². The van der Waals surface area contributed by atoms with Crippen LogP contribution in [0.1, 0.15) is 34.0 Å². The summed E-state index contributed by atoms with van der Waals surface area (Å²) in [5.41, 5.74) is 0. The number of unbranched alkanes of at least 4 members (excludes halogenated alkanes) is 2. The molecular weight excluding hydrogens is 219 g/mol. The molecule has 0 bridgehead atoms. The van der Waals surface area contributed by atoms with Crippen molar-refractivity contribution in [1.29, 1.82) is 0 Å². The van der Waals surface area contributed by atoms with Crippen molar-refractivity contribution in [3.63, 3.8) is 0 Å². The van der Waals surface area contributed by atoms with E-state index in [0.717, 1.165) is 12.8 Å². The zero-order chi connectivity index (χ0) is 10.3. The maximum atomic E-state index is 10.8. The van der Waals surface area contributed by atoms with Crippen LogP contribution in [0, 0.1) is 0 Å². The molecule has 80 valence electrons. The van der Waals surface area contributed by atoms with Crippen LogP contribution in [-0.4, -0.2) is 24.9 Å². The minimum absolute atomic E-state index is 0. The van der Waals surface area contributed by atoms with Gasteiger partial charge in [0.1, 0.15) is 0 Å². The fraction of sp³-hybridized carbons (Fsp3) is 0.857. The minimum Gasteiger partial charge on any atom is -1.00 e. The van der Waals surface area contributed by atoms with Gasteiger partial charge in [0.15, 0.2) is 0 Å². The van der Waals surface area contributed by atoms with E-state index < -0.39 is 22.0 Å². The third-order valence-electron chi connectivity index (χ3n) is 1.35. The van der Waals surface area contributed by atoms with Gasteiger partial charge < -0.3 is 6.16 Å². The fourth-order valence-corrected chi connectivity index (χ4v) is 1.01. The summed E-state index contributed by atoms with van der Waals surface area (Å²) >= 11 is 0. The van der Waals surface area contributed by atoms with Gasteiger partial charge in [-0.05, 0) is 6.42 Å². The maximum Gasteiger partial charge on any atom is 1.00 e. The Hall–Kier alpha value is 0.380. The second-order valence-electron chi connectivity index (χ2n) is 2.67. The molecule has 0 aliphatic carbocycles. The van der Waals surface area contributed by atoms with Gasteiger partial charge in [0.25, 0.3) is 0 Å². The van der Waals surface area contributed by atoms with Gasteiger partial charge in [0.2, 0.25) is 5.94 Å². The molecule has 0 saturated heterocycles. The van der Waals surface area contributed by atoms with Gasteiger partial charge in [0, 0.05) is 6.42 Å². The van der Waals surface area contributed by atoms with Crippen LogP contribution in [0.3, 0.4) is 0 Å².